The van der Waals surface area contributed by atoms with E-state index in [0.29, 0.717) is 0 Å². The molecule has 0 saturated heterocycles. The molecule has 0 heterocycles. The Morgan fingerprint density at radius 2 is 1.21 bits per heavy atom. The van der Waals surface area contributed by atoms with E-state index >= 15 is 0 Å². The van der Waals surface area contributed by atoms with Crippen molar-refractivity contribution in [3.63, 3.8) is 0 Å². The van der Waals surface area contributed by atoms with Crippen molar-refractivity contribution in [3.8, 4) is 16.9 Å². The molecule has 0 fully saturated rings. The zero-order chi connectivity index (χ0) is 25.1. The van der Waals surface area contributed by atoms with Gasteiger partial charge < -0.3 is 4.74 Å². The third kappa shape index (κ3) is 5.61. The first-order chi connectivity index (χ1) is 15.3. The van der Waals surface area contributed by atoms with E-state index in [2.05, 4.69) is 4.74 Å². The SMILES string of the molecule is CC.Cc1ccc(-c2ccc(C(F)(F)Oc3cc(F)c(C(F)(F)F)c(F)c3)cc2)c(F)c1F. The zero-order valence-electron chi connectivity index (χ0n) is 17.4. The number of ether oxygens (including phenoxy) is 1. The lowest BCUT2D eigenvalue weighted by atomic mass is 10.0. The van der Waals surface area contributed by atoms with Gasteiger partial charge in [0.2, 0.25) is 0 Å². The molecule has 0 bridgehead atoms. The highest BCUT2D eigenvalue weighted by Crippen LogP contribution is 2.38. The van der Waals surface area contributed by atoms with Gasteiger partial charge in [-0.25, -0.2) is 17.6 Å². The van der Waals surface area contributed by atoms with Crippen molar-refractivity contribution in [2.45, 2.75) is 33.1 Å². The summed E-state index contributed by atoms with van der Waals surface area (Å²) in [6.07, 6.45) is -9.57. The van der Waals surface area contributed by atoms with Gasteiger partial charge in [-0.05, 0) is 30.2 Å². The Balaban J connectivity index is 0.00000187. The minimum atomic E-state index is -5.37. The van der Waals surface area contributed by atoms with E-state index in [1.807, 2.05) is 13.8 Å². The van der Waals surface area contributed by atoms with Gasteiger partial charge in [0, 0.05) is 17.7 Å². The van der Waals surface area contributed by atoms with Crippen molar-refractivity contribution in [1.82, 2.24) is 0 Å². The van der Waals surface area contributed by atoms with Crippen molar-refractivity contribution in [1.29, 1.82) is 0 Å². The smallest absolute Gasteiger partial charge is 0.426 e. The highest BCUT2D eigenvalue weighted by molar-refractivity contribution is 5.65. The molecular weight excluding hydrogens is 463 g/mol. The Kier molecular flexibility index (Phi) is 7.72. The minimum Gasteiger partial charge on any atom is -0.429 e. The maximum atomic E-state index is 14.3. The molecular formula is C23H17F9O. The van der Waals surface area contributed by atoms with Crippen LogP contribution in [0.15, 0.2) is 48.5 Å². The normalized spacial score (nSPS) is 11.6. The molecule has 0 atom stereocenters. The Hall–Kier alpha value is -3.17. The largest absolute Gasteiger partial charge is 0.429 e. The van der Waals surface area contributed by atoms with Gasteiger partial charge in [-0.15, -0.1) is 0 Å². The van der Waals surface area contributed by atoms with Crippen LogP contribution in [0.2, 0.25) is 0 Å². The second-order valence-corrected chi connectivity index (χ2v) is 6.51. The van der Waals surface area contributed by atoms with Crippen LogP contribution < -0.4 is 4.74 Å². The van der Waals surface area contributed by atoms with E-state index in [0.717, 1.165) is 24.3 Å². The third-order valence-corrected chi connectivity index (χ3v) is 4.35. The van der Waals surface area contributed by atoms with Crippen molar-refractivity contribution >= 4 is 0 Å². The van der Waals surface area contributed by atoms with Gasteiger partial charge in [0.1, 0.15) is 22.9 Å². The number of aryl methyl sites for hydroxylation is 1. The number of benzene rings is 3. The molecule has 0 unspecified atom stereocenters. The molecule has 0 aliphatic rings. The first-order valence-electron chi connectivity index (χ1n) is 9.50. The van der Waals surface area contributed by atoms with Crippen LogP contribution in [0.5, 0.6) is 5.75 Å². The van der Waals surface area contributed by atoms with Gasteiger partial charge >= 0.3 is 12.3 Å². The molecule has 0 amide bonds. The Labute approximate surface area is 183 Å². The van der Waals surface area contributed by atoms with Crippen LogP contribution in [-0.4, -0.2) is 0 Å². The summed E-state index contributed by atoms with van der Waals surface area (Å²) in [6.45, 7) is 5.34. The lowest BCUT2D eigenvalue weighted by Crippen LogP contribution is -2.22. The maximum Gasteiger partial charge on any atom is 0.426 e. The predicted octanol–water partition coefficient (Wildman–Crippen LogP) is 8.39. The summed E-state index contributed by atoms with van der Waals surface area (Å²) in [7, 11) is 0. The number of hydrogen-bond acceptors (Lipinski definition) is 1. The molecule has 0 aromatic heterocycles. The van der Waals surface area contributed by atoms with Crippen LogP contribution in [-0.2, 0) is 12.3 Å². The van der Waals surface area contributed by atoms with Crippen LogP contribution >= 0.6 is 0 Å². The van der Waals surface area contributed by atoms with E-state index in [-0.39, 0.29) is 28.8 Å². The quantitative estimate of drug-likeness (QED) is 0.341. The van der Waals surface area contributed by atoms with E-state index in [1.165, 1.54) is 19.1 Å². The summed E-state index contributed by atoms with van der Waals surface area (Å²) in [5, 5.41) is 0. The van der Waals surface area contributed by atoms with Crippen molar-refractivity contribution in [3.05, 3.63) is 88.5 Å². The summed E-state index contributed by atoms with van der Waals surface area (Å²) in [4.78, 5) is 0. The molecule has 3 aromatic rings. The summed E-state index contributed by atoms with van der Waals surface area (Å²) in [6, 6.07) is 6.18. The van der Waals surface area contributed by atoms with Gasteiger partial charge in [0.15, 0.2) is 11.6 Å². The zero-order valence-corrected chi connectivity index (χ0v) is 17.4. The summed E-state index contributed by atoms with van der Waals surface area (Å²) in [5.74, 6) is -7.69. The molecule has 0 aliphatic heterocycles. The minimum absolute atomic E-state index is 0.0152. The highest BCUT2D eigenvalue weighted by Gasteiger charge is 2.40. The van der Waals surface area contributed by atoms with Crippen molar-refractivity contribution < 1.29 is 44.3 Å². The first kappa shape index (κ1) is 26.1. The van der Waals surface area contributed by atoms with Crippen LogP contribution in [0, 0.1) is 30.2 Å². The second kappa shape index (κ2) is 9.76. The first-order valence-corrected chi connectivity index (χ1v) is 9.50. The lowest BCUT2D eigenvalue weighted by molar-refractivity contribution is -0.185. The van der Waals surface area contributed by atoms with Crippen LogP contribution in [0.3, 0.4) is 0 Å². The van der Waals surface area contributed by atoms with Gasteiger partial charge in [-0.1, -0.05) is 38.1 Å². The summed E-state index contributed by atoms with van der Waals surface area (Å²) >= 11 is 0. The van der Waals surface area contributed by atoms with E-state index in [4.69, 9.17) is 0 Å². The number of rotatable bonds is 4. The Bertz CT molecular complexity index is 1100. The molecule has 1 nitrogen and oxygen atoms in total. The Morgan fingerprint density at radius 3 is 1.70 bits per heavy atom. The van der Waals surface area contributed by atoms with Gasteiger partial charge in [-0.2, -0.15) is 22.0 Å². The second-order valence-electron chi connectivity index (χ2n) is 6.51. The molecule has 0 radical (unpaired) electrons. The highest BCUT2D eigenvalue weighted by atomic mass is 19.4. The fourth-order valence-electron chi connectivity index (χ4n) is 2.80. The maximum absolute atomic E-state index is 14.3. The summed E-state index contributed by atoms with van der Waals surface area (Å²) in [5.41, 5.74) is -3.16. The molecule has 178 valence electrons. The molecule has 0 spiro atoms. The van der Waals surface area contributed by atoms with Gasteiger partial charge in [-0.3, -0.25) is 0 Å². The molecule has 33 heavy (non-hydrogen) atoms. The van der Waals surface area contributed by atoms with Gasteiger partial charge in [0.05, 0.1) is 5.56 Å². The number of alkyl halides is 5. The molecule has 0 aliphatic carbocycles. The third-order valence-electron chi connectivity index (χ3n) is 4.35. The fraction of sp³-hybridized carbons (Fsp3) is 0.217. The van der Waals surface area contributed by atoms with Gasteiger partial charge in [0.25, 0.3) is 0 Å². The van der Waals surface area contributed by atoms with E-state index in [1.54, 1.807) is 0 Å². The fourth-order valence-corrected chi connectivity index (χ4v) is 2.80. The molecule has 3 aromatic carbocycles. The van der Waals surface area contributed by atoms with Crippen LogP contribution in [0.25, 0.3) is 11.1 Å². The number of hydrogen-bond donors (Lipinski definition) is 0. The predicted molar refractivity (Wildman–Crippen MR) is 104 cm³/mol. The molecule has 10 heteroatoms. The average Bonchev–Trinajstić information content (AvgIpc) is 2.72. The monoisotopic (exact) mass is 480 g/mol. The van der Waals surface area contributed by atoms with Crippen molar-refractivity contribution in [2.24, 2.45) is 0 Å². The lowest BCUT2D eigenvalue weighted by Gasteiger charge is -2.19. The molecule has 0 saturated carbocycles. The topological polar surface area (TPSA) is 9.23 Å². The molecule has 3 rings (SSSR count). The number of halogens is 9. The van der Waals surface area contributed by atoms with E-state index < -0.39 is 52.4 Å². The molecule has 0 N–H and O–H groups in total. The van der Waals surface area contributed by atoms with E-state index in [9.17, 15) is 39.5 Å². The standard InChI is InChI=1S/C21H11F9O.C2H6/c1-10-2-7-14(19(25)18(10)24)11-3-5-12(6-4-11)21(29,30)31-13-8-15(22)17(16(23)9-13)20(26,27)28;1-2/h2-9H,1H3;1-2H3. The average molecular weight is 480 g/mol. The summed E-state index contributed by atoms with van der Waals surface area (Å²) < 4.78 is 126. The van der Waals surface area contributed by atoms with Crippen LogP contribution in [0.4, 0.5) is 39.5 Å². The van der Waals surface area contributed by atoms with Crippen LogP contribution in [0.1, 0.15) is 30.5 Å². The van der Waals surface area contributed by atoms with Crippen molar-refractivity contribution in [2.75, 3.05) is 0 Å². The Morgan fingerprint density at radius 1 is 0.697 bits per heavy atom.